The molecule has 0 unspecified atom stereocenters. The third kappa shape index (κ3) is 4.57. The molecule has 2 N–H and O–H groups in total. The molecule has 0 spiro atoms. The van der Waals surface area contributed by atoms with Crippen LogP contribution in [0.25, 0.3) is 0 Å². The largest absolute Gasteiger partial charge is 0.348 e. The topological polar surface area (TPSA) is 58.2 Å². The summed E-state index contributed by atoms with van der Waals surface area (Å²) >= 11 is 0. The minimum Gasteiger partial charge on any atom is -0.348 e. The monoisotopic (exact) mass is 248 g/mol. The molecule has 0 saturated heterocycles. The van der Waals surface area contributed by atoms with E-state index in [2.05, 4.69) is 10.6 Å². The molecule has 4 nitrogen and oxygen atoms in total. The number of nitrogens with one attached hydrogen (secondary N) is 2. The van der Waals surface area contributed by atoms with Crippen LogP contribution in [0.2, 0.25) is 0 Å². The van der Waals surface area contributed by atoms with Crippen LogP contribution in [0.15, 0.2) is 24.3 Å². The van der Waals surface area contributed by atoms with Crippen molar-refractivity contribution in [3.8, 4) is 0 Å². The molecule has 18 heavy (non-hydrogen) atoms. The molecule has 0 aromatic heterocycles. The standard InChI is InChI=1S/C14H20N2O2/c1-10(2)8-15-13(17)14(18)16-9-12-7-5-4-6-11(12)3/h4-7,10H,8-9H2,1-3H3,(H,15,17)(H,16,18). The Kier molecular flexibility index (Phi) is 5.36. The van der Waals surface area contributed by atoms with E-state index in [1.165, 1.54) is 0 Å². The van der Waals surface area contributed by atoms with Crippen molar-refractivity contribution in [2.24, 2.45) is 5.92 Å². The molecular weight excluding hydrogens is 228 g/mol. The van der Waals surface area contributed by atoms with E-state index in [4.69, 9.17) is 0 Å². The van der Waals surface area contributed by atoms with E-state index in [0.29, 0.717) is 19.0 Å². The highest BCUT2D eigenvalue weighted by Crippen LogP contribution is 2.05. The first-order valence-electron chi connectivity index (χ1n) is 6.11. The van der Waals surface area contributed by atoms with E-state index in [1.807, 2.05) is 45.0 Å². The zero-order chi connectivity index (χ0) is 13.5. The van der Waals surface area contributed by atoms with Crippen molar-refractivity contribution in [3.63, 3.8) is 0 Å². The Balaban J connectivity index is 2.42. The van der Waals surface area contributed by atoms with Gasteiger partial charge in [-0.3, -0.25) is 9.59 Å². The zero-order valence-corrected chi connectivity index (χ0v) is 11.1. The van der Waals surface area contributed by atoms with Gasteiger partial charge in [-0.2, -0.15) is 0 Å². The van der Waals surface area contributed by atoms with Crippen LogP contribution in [0.1, 0.15) is 25.0 Å². The highest BCUT2D eigenvalue weighted by Gasteiger charge is 2.12. The van der Waals surface area contributed by atoms with Crippen molar-refractivity contribution in [1.82, 2.24) is 10.6 Å². The Bertz CT molecular complexity index is 428. The molecule has 98 valence electrons. The van der Waals surface area contributed by atoms with E-state index < -0.39 is 11.8 Å². The Morgan fingerprint density at radius 3 is 2.33 bits per heavy atom. The third-order valence-corrected chi connectivity index (χ3v) is 2.58. The molecule has 0 radical (unpaired) electrons. The van der Waals surface area contributed by atoms with Gasteiger partial charge in [0.2, 0.25) is 0 Å². The molecule has 0 heterocycles. The average Bonchev–Trinajstić information content (AvgIpc) is 2.34. The molecule has 0 aliphatic carbocycles. The van der Waals surface area contributed by atoms with Gasteiger partial charge in [-0.15, -0.1) is 0 Å². The third-order valence-electron chi connectivity index (χ3n) is 2.58. The SMILES string of the molecule is Cc1ccccc1CNC(=O)C(=O)NCC(C)C. The van der Waals surface area contributed by atoms with E-state index in [9.17, 15) is 9.59 Å². The first-order chi connectivity index (χ1) is 8.50. The van der Waals surface area contributed by atoms with Crippen LogP contribution in [-0.4, -0.2) is 18.4 Å². The number of amides is 2. The average molecular weight is 248 g/mol. The van der Waals surface area contributed by atoms with Crippen LogP contribution in [0, 0.1) is 12.8 Å². The molecule has 0 aliphatic rings. The van der Waals surface area contributed by atoms with Gasteiger partial charge in [0.05, 0.1) is 0 Å². The zero-order valence-electron chi connectivity index (χ0n) is 11.1. The van der Waals surface area contributed by atoms with Gasteiger partial charge in [0.25, 0.3) is 0 Å². The van der Waals surface area contributed by atoms with Crippen LogP contribution in [0.4, 0.5) is 0 Å². The fourth-order valence-corrected chi connectivity index (χ4v) is 1.44. The van der Waals surface area contributed by atoms with Crippen molar-refractivity contribution in [2.45, 2.75) is 27.3 Å². The van der Waals surface area contributed by atoms with Crippen LogP contribution < -0.4 is 10.6 Å². The smallest absolute Gasteiger partial charge is 0.309 e. The molecule has 4 heteroatoms. The summed E-state index contributed by atoms with van der Waals surface area (Å²) in [5.74, 6) is -0.825. The number of carbonyl (C=O) groups excluding carboxylic acids is 2. The summed E-state index contributed by atoms with van der Waals surface area (Å²) in [7, 11) is 0. The predicted octanol–water partition coefficient (Wildman–Crippen LogP) is 1.38. The molecule has 0 aliphatic heterocycles. The maximum atomic E-state index is 11.5. The first-order valence-corrected chi connectivity index (χ1v) is 6.11. The lowest BCUT2D eigenvalue weighted by atomic mass is 10.1. The van der Waals surface area contributed by atoms with E-state index in [1.54, 1.807) is 0 Å². The van der Waals surface area contributed by atoms with Gasteiger partial charge in [-0.25, -0.2) is 0 Å². The lowest BCUT2D eigenvalue weighted by Gasteiger charge is -2.09. The van der Waals surface area contributed by atoms with Gasteiger partial charge in [0.15, 0.2) is 0 Å². The van der Waals surface area contributed by atoms with Gasteiger partial charge >= 0.3 is 11.8 Å². The van der Waals surface area contributed by atoms with Gasteiger partial charge < -0.3 is 10.6 Å². The first kappa shape index (κ1) is 14.2. The number of benzene rings is 1. The molecular formula is C14H20N2O2. The molecule has 0 fully saturated rings. The quantitative estimate of drug-likeness (QED) is 0.791. The minimum atomic E-state index is -0.584. The van der Waals surface area contributed by atoms with E-state index in [-0.39, 0.29) is 0 Å². The van der Waals surface area contributed by atoms with Crippen LogP contribution in [0.3, 0.4) is 0 Å². The number of carbonyl (C=O) groups is 2. The minimum absolute atomic E-state index is 0.332. The summed E-state index contributed by atoms with van der Waals surface area (Å²) in [5, 5.41) is 5.19. The van der Waals surface area contributed by atoms with E-state index >= 15 is 0 Å². The van der Waals surface area contributed by atoms with Gasteiger partial charge in [0, 0.05) is 13.1 Å². The Labute approximate surface area is 108 Å². The maximum absolute atomic E-state index is 11.5. The fourth-order valence-electron chi connectivity index (χ4n) is 1.44. The predicted molar refractivity (Wildman–Crippen MR) is 70.9 cm³/mol. The number of aryl methyl sites for hydroxylation is 1. The lowest BCUT2D eigenvalue weighted by molar-refractivity contribution is -0.139. The van der Waals surface area contributed by atoms with Gasteiger partial charge in [-0.05, 0) is 24.0 Å². The Morgan fingerprint density at radius 1 is 1.11 bits per heavy atom. The Hall–Kier alpha value is -1.84. The summed E-state index contributed by atoms with van der Waals surface area (Å²) in [6.07, 6.45) is 0. The van der Waals surface area contributed by atoms with Crippen LogP contribution in [0.5, 0.6) is 0 Å². The van der Waals surface area contributed by atoms with E-state index in [0.717, 1.165) is 11.1 Å². The normalized spacial score (nSPS) is 10.2. The molecule has 1 aromatic carbocycles. The maximum Gasteiger partial charge on any atom is 0.309 e. The van der Waals surface area contributed by atoms with Gasteiger partial charge in [0.1, 0.15) is 0 Å². The molecule has 0 atom stereocenters. The summed E-state index contributed by atoms with van der Waals surface area (Å²) in [6.45, 7) is 6.81. The number of rotatable bonds is 4. The highest BCUT2D eigenvalue weighted by molar-refractivity contribution is 6.35. The summed E-state index contributed by atoms with van der Waals surface area (Å²) in [6, 6.07) is 7.76. The van der Waals surface area contributed by atoms with Crippen molar-refractivity contribution >= 4 is 11.8 Å². The van der Waals surface area contributed by atoms with Gasteiger partial charge in [-0.1, -0.05) is 38.1 Å². The van der Waals surface area contributed by atoms with Crippen molar-refractivity contribution < 1.29 is 9.59 Å². The molecule has 0 saturated carbocycles. The summed E-state index contributed by atoms with van der Waals surface area (Å²) < 4.78 is 0. The highest BCUT2D eigenvalue weighted by atomic mass is 16.2. The fraction of sp³-hybridized carbons (Fsp3) is 0.429. The summed E-state index contributed by atoms with van der Waals surface area (Å²) in [5.41, 5.74) is 2.11. The second-order valence-electron chi connectivity index (χ2n) is 4.71. The van der Waals surface area contributed by atoms with Crippen molar-refractivity contribution in [3.05, 3.63) is 35.4 Å². The molecule has 0 bridgehead atoms. The Morgan fingerprint density at radius 2 is 1.72 bits per heavy atom. The summed E-state index contributed by atoms with van der Waals surface area (Å²) in [4.78, 5) is 22.9. The molecule has 2 amide bonds. The second kappa shape index (κ2) is 6.79. The number of hydrogen-bond acceptors (Lipinski definition) is 2. The van der Waals surface area contributed by atoms with Crippen molar-refractivity contribution in [1.29, 1.82) is 0 Å². The van der Waals surface area contributed by atoms with Crippen LogP contribution >= 0.6 is 0 Å². The van der Waals surface area contributed by atoms with Crippen molar-refractivity contribution in [2.75, 3.05) is 6.54 Å². The molecule has 1 aromatic rings. The number of hydrogen-bond donors (Lipinski definition) is 2. The second-order valence-corrected chi connectivity index (χ2v) is 4.71. The lowest BCUT2D eigenvalue weighted by Crippen LogP contribution is -2.40. The molecule has 1 rings (SSSR count). The van der Waals surface area contributed by atoms with Crippen LogP contribution in [-0.2, 0) is 16.1 Å².